The summed E-state index contributed by atoms with van der Waals surface area (Å²) in [7, 11) is 0. The molecule has 24 heavy (non-hydrogen) atoms. The number of carbonyl (C=O) groups is 2. The van der Waals surface area contributed by atoms with E-state index < -0.39 is 0 Å². The van der Waals surface area contributed by atoms with Gasteiger partial charge >= 0.3 is 6.03 Å². The van der Waals surface area contributed by atoms with Gasteiger partial charge in [-0.05, 0) is 25.1 Å². The zero-order valence-corrected chi connectivity index (χ0v) is 14.3. The van der Waals surface area contributed by atoms with Crippen molar-refractivity contribution in [2.24, 2.45) is 0 Å². The average molecular weight is 350 g/mol. The Kier molecular flexibility index (Phi) is 6.20. The van der Waals surface area contributed by atoms with Gasteiger partial charge in [0.05, 0.1) is 17.0 Å². The molecule has 0 fully saturated rings. The SMILES string of the molecule is CCC(=O)Nc1ccc(Cl)c(NC(=O)N[C@H](C)Cn2ccnc2)c1. The quantitative estimate of drug-likeness (QED) is 0.748. The van der Waals surface area contributed by atoms with Gasteiger partial charge in [-0.1, -0.05) is 18.5 Å². The van der Waals surface area contributed by atoms with Crippen molar-refractivity contribution >= 4 is 34.9 Å². The number of hydrogen-bond donors (Lipinski definition) is 3. The smallest absolute Gasteiger partial charge is 0.319 e. The maximum absolute atomic E-state index is 12.1. The van der Waals surface area contributed by atoms with Crippen molar-refractivity contribution in [1.82, 2.24) is 14.9 Å². The van der Waals surface area contributed by atoms with Gasteiger partial charge in [-0.15, -0.1) is 0 Å². The number of urea groups is 1. The normalized spacial score (nSPS) is 11.6. The number of anilines is 2. The molecule has 3 amide bonds. The zero-order chi connectivity index (χ0) is 17.5. The van der Waals surface area contributed by atoms with Crippen LogP contribution in [0.2, 0.25) is 5.02 Å². The largest absolute Gasteiger partial charge is 0.335 e. The number of aromatic nitrogens is 2. The Morgan fingerprint density at radius 2 is 2.12 bits per heavy atom. The fourth-order valence-corrected chi connectivity index (χ4v) is 2.25. The lowest BCUT2D eigenvalue weighted by molar-refractivity contribution is -0.115. The van der Waals surface area contributed by atoms with E-state index in [0.717, 1.165) is 0 Å². The number of nitrogens with one attached hydrogen (secondary N) is 3. The van der Waals surface area contributed by atoms with E-state index in [2.05, 4.69) is 20.9 Å². The van der Waals surface area contributed by atoms with Crippen LogP contribution >= 0.6 is 11.6 Å². The highest BCUT2D eigenvalue weighted by Gasteiger charge is 2.11. The van der Waals surface area contributed by atoms with Crippen LogP contribution in [0.1, 0.15) is 20.3 Å². The van der Waals surface area contributed by atoms with E-state index in [9.17, 15) is 9.59 Å². The first kappa shape index (κ1) is 17.8. The van der Waals surface area contributed by atoms with Crippen molar-refractivity contribution in [1.29, 1.82) is 0 Å². The van der Waals surface area contributed by atoms with Crippen LogP contribution in [-0.2, 0) is 11.3 Å². The van der Waals surface area contributed by atoms with E-state index in [-0.39, 0.29) is 18.0 Å². The Hall–Kier alpha value is -2.54. The molecule has 2 rings (SSSR count). The Labute approximate surface area is 145 Å². The molecule has 1 heterocycles. The molecule has 0 aliphatic rings. The first-order chi connectivity index (χ1) is 11.5. The Bertz CT molecular complexity index is 702. The first-order valence-corrected chi connectivity index (χ1v) is 7.98. The summed E-state index contributed by atoms with van der Waals surface area (Å²) in [6.45, 7) is 4.26. The predicted molar refractivity (Wildman–Crippen MR) is 94.2 cm³/mol. The van der Waals surface area contributed by atoms with Crippen LogP contribution in [0.4, 0.5) is 16.2 Å². The molecule has 0 aliphatic carbocycles. The van der Waals surface area contributed by atoms with Crippen LogP contribution in [0.3, 0.4) is 0 Å². The number of benzene rings is 1. The third-order valence-corrected chi connectivity index (χ3v) is 3.57. The number of imidazole rings is 1. The van der Waals surface area contributed by atoms with E-state index in [1.54, 1.807) is 37.6 Å². The standard InChI is InChI=1S/C16H20ClN5O2/c1-3-15(23)20-12-4-5-13(17)14(8-12)21-16(24)19-11(2)9-22-7-6-18-10-22/h4-8,10-11H,3,9H2,1-2H3,(H,20,23)(H2,19,21,24)/t11-/m1/s1. The Morgan fingerprint density at radius 3 is 2.79 bits per heavy atom. The Morgan fingerprint density at radius 1 is 1.33 bits per heavy atom. The van der Waals surface area contributed by atoms with Crippen molar-refractivity contribution in [3.8, 4) is 0 Å². The first-order valence-electron chi connectivity index (χ1n) is 7.60. The molecular weight excluding hydrogens is 330 g/mol. The Balaban J connectivity index is 1.95. The summed E-state index contributed by atoms with van der Waals surface area (Å²) < 4.78 is 1.87. The third kappa shape index (κ3) is 5.27. The molecule has 0 saturated heterocycles. The van der Waals surface area contributed by atoms with Gasteiger partial charge in [0.1, 0.15) is 0 Å². The number of hydrogen-bond acceptors (Lipinski definition) is 3. The summed E-state index contributed by atoms with van der Waals surface area (Å²) >= 11 is 6.09. The monoisotopic (exact) mass is 349 g/mol. The molecule has 1 aromatic heterocycles. The minimum absolute atomic E-state index is 0.0963. The lowest BCUT2D eigenvalue weighted by Crippen LogP contribution is -2.38. The van der Waals surface area contributed by atoms with Crippen LogP contribution in [0.5, 0.6) is 0 Å². The fraction of sp³-hybridized carbons (Fsp3) is 0.312. The van der Waals surface area contributed by atoms with Crippen LogP contribution < -0.4 is 16.0 Å². The molecular formula is C16H20ClN5O2. The summed E-state index contributed by atoms with van der Waals surface area (Å²) in [5, 5.41) is 8.63. The molecule has 128 valence electrons. The van der Waals surface area contributed by atoms with Crippen molar-refractivity contribution in [3.05, 3.63) is 41.9 Å². The van der Waals surface area contributed by atoms with Crippen molar-refractivity contribution in [2.45, 2.75) is 32.9 Å². The number of rotatable bonds is 6. The summed E-state index contributed by atoms with van der Waals surface area (Å²) in [4.78, 5) is 27.5. The van der Waals surface area contributed by atoms with Gasteiger partial charge in [-0.2, -0.15) is 0 Å². The molecule has 3 N–H and O–H groups in total. The highest BCUT2D eigenvalue weighted by Crippen LogP contribution is 2.25. The molecule has 1 aromatic carbocycles. The lowest BCUT2D eigenvalue weighted by atomic mass is 10.2. The highest BCUT2D eigenvalue weighted by atomic mass is 35.5. The van der Waals surface area contributed by atoms with Crippen LogP contribution in [-0.4, -0.2) is 27.5 Å². The van der Waals surface area contributed by atoms with Gasteiger partial charge in [0.15, 0.2) is 0 Å². The van der Waals surface area contributed by atoms with Gasteiger partial charge in [0.25, 0.3) is 0 Å². The minimum atomic E-state index is -0.372. The molecule has 0 saturated carbocycles. The molecule has 0 spiro atoms. The molecule has 0 radical (unpaired) electrons. The van der Waals surface area contributed by atoms with Gasteiger partial charge in [-0.3, -0.25) is 4.79 Å². The number of carbonyl (C=O) groups excluding carboxylic acids is 2. The second-order valence-corrected chi connectivity index (χ2v) is 5.76. The van der Waals surface area contributed by atoms with Gasteiger partial charge in [0.2, 0.25) is 5.91 Å². The molecule has 0 aliphatic heterocycles. The summed E-state index contributed by atoms with van der Waals surface area (Å²) in [6.07, 6.45) is 5.57. The lowest BCUT2D eigenvalue weighted by Gasteiger charge is -2.16. The minimum Gasteiger partial charge on any atom is -0.335 e. The van der Waals surface area contributed by atoms with E-state index in [1.165, 1.54) is 0 Å². The number of halogens is 1. The maximum atomic E-state index is 12.1. The molecule has 0 bridgehead atoms. The summed E-state index contributed by atoms with van der Waals surface area (Å²) in [5.41, 5.74) is 1.01. The van der Waals surface area contributed by atoms with Gasteiger partial charge in [0, 0.05) is 37.1 Å². The van der Waals surface area contributed by atoms with Crippen LogP contribution in [0.25, 0.3) is 0 Å². The van der Waals surface area contributed by atoms with Gasteiger partial charge < -0.3 is 20.5 Å². The molecule has 1 atom stereocenters. The molecule has 0 unspecified atom stereocenters. The topological polar surface area (TPSA) is 88.0 Å². The van der Waals surface area contributed by atoms with Crippen LogP contribution in [0, 0.1) is 0 Å². The average Bonchev–Trinajstić information content (AvgIpc) is 3.03. The number of amides is 3. The molecule has 8 heteroatoms. The van der Waals surface area contributed by atoms with Crippen molar-refractivity contribution in [2.75, 3.05) is 10.6 Å². The van der Waals surface area contributed by atoms with E-state index in [1.807, 2.05) is 17.7 Å². The second-order valence-electron chi connectivity index (χ2n) is 5.36. The van der Waals surface area contributed by atoms with Crippen molar-refractivity contribution in [3.63, 3.8) is 0 Å². The van der Waals surface area contributed by atoms with E-state index in [0.29, 0.717) is 29.4 Å². The summed E-state index contributed by atoms with van der Waals surface area (Å²) in [5.74, 6) is -0.110. The number of nitrogens with zero attached hydrogens (tertiary/aromatic N) is 2. The van der Waals surface area contributed by atoms with Gasteiger partial charge in [-0.25, -0.2) is 9.78 Å². The summed E-state index contributed by atoms with van der Waals surface area (Å²) in [6, 6.07) is 4.46. The zero-order valence-electron chi connectivity index (χ0n) is 13.5. The van der Waals surface area contributed by atoms with E-state index in [4.69, 9.17) is 11.6 Å². The molecule has 7 nitrogen and oxygen atoms in total. The van der Waals surface area contributed by atoms with E-state index >= 15 is 0 Å². The van der Waals surface area contributed by atoms with Crippen molar-refractivity contribution < 1.29 is 9.59 Å². The predicted octanol–water partition coefficient (Wildman–Crippen LogP) is 3.10. The maximum Gasteiger partial charge on any atom is 0.319 e. The molecule has 2 aromatic rings. The highest BCUT2D eigenvalue weighted by molar-refractivity contribution is 6.33. The van der Waals surface area contributed by atoms with Crippen LogP contribution in [0.15, 0.2) is 36.9 Å². The fourth-order valence-electron chi connectivity index (χ4n) is 2.09. The third-order valence-electron chi connectivity index (χ3n) is 3.24. The second kappa shape index (κ2) is 8.35.